The molecule has 2 heterocycles. The van der Waals surface area contributed by atoms with Gasteiger partial charge in [0.05, 0.1) is 5.52 Å². The fourth-order valence-electron chi connectivity index (χ4n) is 1.63. The molecular weight excluding hydrogens is 280 g/mol. The van der Waals surface area contributed by atoms with Crippen molar-refractivity contribution >= 4 is 28.9 Å². The van der Waals surface area contributed by atoms with Gasteiger partial charge in [-0.25, -0.2) is 14.8 Å². The van der Waals surface area contributed by atoms with E-state index in [1.165, 1.54) is 0 Å². The third kappa shape index (κ3) is 4.09. The maximum absolute atomic E-state index is 11.5. The number of carbonyl (C=O) groups excluding carboxylic acids is 1. The van der Waals surface area contributed by atoms with Crippen LogP contribution in [0.1, 0.15) is 26.6 Å². The summed E-state index contributed by atoms with van der Waals surface area (Å²) in [5.74, 6) is 0.742. The molecule has 0 saturated heterocycles. The maximum atomic E-state index is 11.5. The summed E-state index contributed by atoms with van der Waals surface area (Å²) in [5.41, 5.74) is 0.899. The first-order valence-corrected chi connectivity index (χ1v) is 6.69. The Morgan fingerprint density at radius 1 is 1.40 bits per heavy atom. The fourth-order valence-corrected chi connectivity index (χ4v) is 1.78. The van der Waals surface area contributed by atoms with Gasteiger partial charge < -0.3 is 15.0 Å². The molecule has 0 atom stereocenters. The lowest BCUT2D eigenvalue weighted by molar-refractivity contribution is 0.0528. The summed E-state index contributed by atoms with van der Waals surface area (Å²) in [6, 6.07) is 3.52. The van der Waals surface area contributed by atoms with Crippen molar-refractivity contribution in [1.29, 1.82) is 0 Å². The van der Waals surface area contributed by atoms with Crippen molar-refractivity contribution in [2.45, 2.75) is 32.8 Å². The van der Waals surface area contributed by atoms with E-state index in [-0.39, 0.29) is 0 Å². The number of aromatic amines is 1. The van der Waals surface area contributed by atoms with Crippen LogP contribution in [0.5, 0.6) is 0 Å². The zero-order chi connectivity index (χ0) is 14.8. The zero-order valence-corrected chi connectivity index (χ0v) is 12.4. The van der Waals surface area contributed by atoms with E-state index in [1.807, 2.05) is 26.8 Å². The van der Waals surface area contributed by atoms with Crippen molar-refractivity contribution in [2.24, 2.45) is 0 Å². The van der Waals surface area contributed by atoms with E-state index >= 15 is 0 Å². The molecule has 0 radical (unpaired) electrons. The molecule has 0 aromatic carbocycles. The molecule has 2 aromatic rings. The van der Waals surface area contributed by atoms with E-state index < -0.39 is 11.7 Å². The Morgan fingerprint density at radius 3 is 2.85 bits per heavy atom. The van der Waals surface area contributed by atoms with Gasteiger partial charge in [0.1, 0.15) is 16.6 Å². The van der Waals surface area contributed by atoms with E-state index in [4.69, 9.17) is 16.3 Å². The lowest BCUT2D eigenvalue weighted by Gasteiger charge is -2.19. The Bertz CT molecular complexity index is 618. The number of nitrogens with one attached hydrogen (secondary N) is 2. The van der Waals surface area contributed by atoms with Crippen LogP contribution >= 0.6 is 11.6 Å². The molecule has 2 aromatic heterocycles. The summed E-state index contributed by atoms with van der Waals surface area (Å²) in [7, 11) is 0. The molecule has 2 N–H and O–H groups in total. The summed E-state index contributed by atoms with van der Waals surface area (Å²) in [4.78, 5) is 23.0. The highest BCUT2D eigenvalue weighted by Gasteiger charge is 2.15. The van der Waals surface area contributed by atoms with Gasteiger partial charge in [-0.1, -0.05) is 11.6 Å². The molecule has 0 spiro atoms. The molecule has 0 unspecified atom stereocenters. The fraction of sp³-hybridized carbons (Fsp3) is 0.462. The van der Waals surface area contributed by atoms with Gasteiger partial charge in [0, 0.05) is 13.0 Å². The quantitative estimate of drug-likeness (QED) is 0.853. The Hall–Kier alpha value is -1.82. The molecule has 0 saturated carbocycles. The highest BCUT2D eigenvalue weighted by Crippen LogP contribution is 2.13. The minimum absolute atomic E-state index is 0.405. The van der Waals surface area contributed by atoms with E-state index in [0.29, 0.717) is 23.8 Å². The Labute approximate surface area is 121 Å². The number of aromatic nitrogens is 3. The number of pyridine rings is 1. The van der Waals surface area contributed by atoms with Crippen LogP contribution in [0.25, 0.3) is 11.2 Å². The number of H-pyrrole nitrogens is 1. The second-order valence-electron chi connectivity index (χ2n) is 5.37. The van der Waals surface area contributed by atoms with Crippen molar-refractivity contribution in [3.8, 4) is 0 Å². The van der Waals surface area contributed by atoms with Crippen molar-refractivity contribution < 1.29 is 9.53 Å². The number of carbonyl (C=O) groups is 1. The van der Waals surface area contributed by atoms with Crippen LogP contribution in [0.15, 0.2) is 12.1 Å². The van der Waals surface area contributed by atoms with Gasteiger partial charge in [0.15, 0.2) is 5.65 Å². The van der Waals surface area contributed by atoms with Crippen LogP contribution in [0.3, 0.4) is 0 Å². The number of hydrogen-bond acceptors (Lipinski definition) is 4. The standard InChI is InChI=1S/C13H17ClN4O2/c1-13(2,3)20-12(19)15-7-6-10-16-8-4-5-9(14)17-11(8)18-10/h4-5H,6-7H2,1-3H3,(H,15,19)(H,16,17,18). The summed E-state index contributed by atoms with van der Waals surface area (Å²) >= 11 is 5.80. The summed E-state index contributed by atoms with van der Waals surface area (Å²) in [6.07, 6.45) is 0.127. The van der Waals surface area contributed by atoms with Gasteiger partial charge in [0.2, 0.25) is 0 Å². The Balaban J connectivity index is 1.88. The molecule has 20 heavy (non-hydrogen) atoms. The average molecular weight is 297 g/mol. The minimum atomic E-state index is -0.496. The molecule has 0 aliphatic carbocycles. The van der Waals surface area contributed by atoms with Crippen LogP contribution in [-0.2, 0) is 11.2 Å². The first-order valence-electron chi connectivity index (χ1n) is 6.31. The third-order valence-corrected chi connectivity index (χ3v) is 2.60. The first kappa shape index (κ1) is 14.6. The number of ether oxygens (including phenoxy) is 1. The molecule has 0 bridgehead atoms. The third-order valence-electron chi connectivity index (χ3n) is 2.39. The summed E-state index contributed by atoms with van der Waals surface area (Å²) in [6.45, 7) is 5.90. The number of amides is 1. The normalized spacial score (nSPS) is 11.6. The van der Waals surface area contributed by atoms with E-state index in [2.05, 4.69) is 20.3 Å². The predicted octanol–water partition coefficient (Wildman–Crippen LogP) is 2.68. The maximum Gasteiger partial charge on any atom is 0.407 e. The molecule has 2 rings (SSSR count). The van der Waals surface area contributed by atoms with E-state index in [9.17, 15) is 4.79 Å². The number of hydrogen-bond donors (Lipinski definition) is 2. The molecule has 0 fully saturated rings. The number of fused-ring (bicyclic) bond motifs is 1. The lowest BCUT2D eigenvalue weighted by atomic mass is 10.2. The van der Waals surface area contributed by atoms with Crippen molar-refractivity contribution in [1.82, 2.24) is 20.3 Å². The largest absolute Gasteiger partial charge is 0.444 e. The highest BCUT2D eigenvalue weighted by molar-refractivity contribution is 6.29. The Morgan fingerprint density at radius 2 is 2.15 bits per heavy atom. The zero-order valence-electron chi connectivity index (χ0n) is 11.7. The van der Waals surface area contributed by atoms with Gasteiger partial charge in [-0.15, -0.1) is 0 Å². The van der Waals surface area contributed by atoms with Crippen LogP contribution in [0.4, 0.5) is 4.79 Å². The van der Waals surface area contributed by atoms with Crippen LogP contribution in [0.2, 0.25) is 5.15 Å². The number of nitrogens with zero attached hydrogens (tertiary/aromatic N) is 2. The van der Waals surface area contributed by atoms with Crippen molar-refractivity contribution in [3.63, 3.8) is 0 Å². The number of alkyl carbamates (subject to hydrolysis) is 1. The monoisotopic (exact) mass is 296 g/mol. The molecule has 6 nitrogen and oxygen atoms in total. The number of rotatable bonds is 3. The number of imidazole rings is 1. The van der Waals surface area contributed by atoms with Gasteiger partial charge in [-0.2, -0.15) is 0 Å². The van der Waals surface area contributed by atoms with Crippen LogP contribution in [-0.4, -0.2) is 33.2 Å². The molecule has 108 valence electrons. The van der Waals surface area contributed by atoms with Gasteiger partial charge in [-0.05, 0) is 32.9 Å². The first-order chi connectivity index (χ1) is 9.33. The topological polar surface area (TPSA) is 79.9 Å². The van der Waals surface area contributed by atoms with Crippen molar-refractivity contribution in [2.75, 3.05) is 6.54 Å². The summed E-state index contributed by atoms with van der Waals surface area (Å²) in [5, 5.41) is 3.08. The smallest absolute Gasteiger partial charge is 0.407 e. The molecule has 0 aliphatic rings. The molecular formula is C13H17ClN4O2. The molecule has 7 heteroatoms. The Kier molecular flexibility index (Phi) is 4.13. The van der Waals surface area contributed by atoms with Gasteiger partial charge >= 0.3 is 6.09 Å². The predicted molar refractivity (Wildman–Crippen MR) is 76.8 cm³/mol. The molecule has 1 amide bonds. The summed E-state index contributed by atoms with van der Waals surface area (Å²) < 4.78 is 5.14. The molecule has 0 aliphatic heterocycles. The number of halogens is 1. The van der Waals surface area contributed by atoms with E-state index in [0.717, 1.165) is 11.3 Å². The van der Waals surface area contributed by atoms with Crippen LogP contribution < -0.4 is 5.32 Å². The van der Waals surface area contributed by atoms with Gasteiger partial charge in [0.25, 0.3) is 0 Å². The SMILES string of the molecule is CC(C)(C)OC(=O)NCCc1nc2nc(Cl)ccc2[nH]1. The van der Waals surface area contributed by atoms with Gasteiger partial charge in [-0.3, -0.25) is 0 Å². The second kappa shape index (κ2) is 5.66. The van der Waals surface area contributed by atoms with E-state index in [1.54, 1.807) is 6.07 Å². The highest BCUT2D eigenvalue weighted by atomic mass is 35.5. The second-order valence-corrected chi connectivity index (χ2v) is 5.75. The van der Waals surface area contributed by atoms with Crippen LogP contribution in [0, 0.1) is 0 Å². The lowest BCUT2D eigenvalue weighted by Crippen LogP contribution is -2.33. The van der Waals surface area contributed by atoms with Crippen molar-refractivity contribution in [3.05, 3.63) is 23.1 Å². The average Bonchev–Trinajstić information content (AvgIpc) is 2.68. The minimum Gasteiger partial charge on any atom is -0.444 e.